The highest BCUT2D eigenvalue weighted by atomic mass is 15.0. The fourth-order valence-electron chi connectivity index (χ4n) is 0.871. The second kappa shape index (κ2) is 3.42. The molecule has 1 aromatic carbocycles. The molecular formula is C8H10BN-. The normalized spacial score (nSPS) is 10.3. The summed E-state index contributed by atoms with van der Waals surface area (Å²) in [6.07, 6.45) is 0. The zero-order valence-electron chi connectivity index (χ0n) is 6.12. The van der Waals surface area contributed by atoms with Crippen molar-refractivity contribution in [2.45, 2.75) is 6.54 Å². The molecule has 1 nitrogen and oxygen atoms in total. The van der Waals surface area contributed by atoms with Gasteiger partial charge in [-0.2, -0.15) is 0 Å². The van der Waals surface area contributed by atoms with Crippen molar-refractivity contribution in [3.8, 4) is 0 Å². The number of hydrogen-bond donors (Lipinski definition) is 0. The van der Waals surface area contributed by atoms with Gasteiger partial charge in [0, 0.05) is 0 Å². The van der Waals surface area contributed by atoms with Crippen LogP contribution in [0.25, 0.3) is 0 Å². The second-order valence-electron chi connectivity index (χ2n) is 2.40. The molecule has 0 amide bonds. The van der Waals surface area contributed by atoms with E-state index in [1.165, 1.54) is 5.56 Å². The van der Waals surface area contributed by atoms with Crippen molar-refractivity contribution in [1.82, 2.24) is 4.81 Å². The minimum absolute atomic E-state index is 0.806. The molecule has 0 spiro atoms. The van der Waals surface area contributed by atoms with E-state index in [4.69, 9.17) is 7.98 Å². The zero-order chi connectivity index (χ0) is 7.40. The molecule has 2 heteroatoms. The van der Waals surface area contributed by atoms with Crippen molar-refractivity contribution < 1.29 is 0 Å². The number of hydrogen-bond acceptors (Lipinski definition) is 1. The summed E-state index contributed by atoms with van der Waals surface area (Å²) in [6.45, 7) is 0.806. The Morgan fingerprint density at radius 2 is 1.90 bits per heavy atom. The van der Waals surface area contributed by atoms with Crippen LogP contribution in [0.5, 0.6) is 0 Å². The molecule has 1 aromatic rings. The van der Waals surface area contributed by atoms with Gasteiger partial charge in [0.25, 0.3) is 0 Å². The van der Waals surface area contributed by atoms with Crippen LogP contribution >= 0.6 is 0 Å². The van der Waals surface area contributed by atoms with E-state index in [0.29, 0.717) is 0 Å². The maximum Gasteiger partial charge on any atom is -0.0198 e. The number of benzene rings is 1. The average molecular weight is 131 g/mol. The van der Waals surface area contributed by atoms with E-state index in [0.717, 1.165) is 6.54 Å². The molecule has 1 rings (SSSR count). The van der Waals surface area contributed by atoms with Crippen molar-refractivity contribution in [2.24, 2.45) is 0 Å². The van der Waals surface area contributed by atoms with Crippen molar-refractivity contribution >= 4 is 7.98 Å². The summed E-state index contributed by atoms with van der Waals surface area (Å²) in [5.41, 5.74) is 1.24. The van der Waals surface area contributed by atoms with Gasteiger partial charge >= 0.3 is 0 Å². The third-order valence-electron chi connectivity index (χ3n) is 1.27. The Bertz CT molecular complexity index is 184. The molecule has 0 N–H and O–H groups in total. The lowest BCUT2D eigenvalue weighted by molar-refractivity contribution is 0.544. The first kappa shape index (κ1) is 7.35. The van der Waals surface area contributed by atoms with Crippen molar-refractivity contribution in [1.29, 1.82) is 0 Å². The SMILES string of the molecule is [B-]N(C)Cc1ccccc1. The van der Waals surface area contributed by atoms with Crippen molar-refractivity contribution in [3.63, 3.8) is 0 Å². The molecule has 0 saturated carbocycles. The Hall–Kier alpha value is -0.755. The average Bonchev–Trinajstić information content (AvgIpc) is 1.88. The standard InChI is InChI=1S/C8H10BN/c1-10(9)7-8-5-3-2-4-6-8/h2-6H,7H2,1H3/q-1. The Morgan fingerprint density at radius 1 is 1.30 bits per heavy atom. The predicted molar refractivity (Wildman–Crippen MR) is 43.7 cm³/mol. The summed E-state index contributed by atoms with van der Waals surface area (Å²) in [7, 11) is 7.31. The quantitative estimate of drug-likeness (QED) is 0.545. The highest BCUT2D eigenvalue weighted by molar-refractivity contribution is 6.04. The zero-order valence-corrected chi connectivity index (χ0v) is 6.12. The van der Waals surface area contributed by atoms with Gasteiger partial charge in [-0.15, -0.1) is 0 Å². The first-order valence-electron chi connectivity index (χ1n) is 3.29. The predicted octanol–water partition coefficient (Wildman–Crippen LogP) is 1.20. The summed E-state index contributed by atoms with van der Waals surface area (Å²) in [6, 6.07) is 10.1. The van der Waals surface area contributed by atoms with Crippen LogP contribution in [0.4, 0.5) is 0 Å². The van der Waals surface area contributed by atoms with Crippen LogP contribution in [0.15, 0.2) is 30.3 Å². The molecule has 51 valence electrons. The fraction of sp³-hybridized carbons (Fsp3) is 0.250. The number of nitrogens with zero attached hydrogens (tertiary/aromatic N) is 1. The molecule has 0 aromatic heterocycles. The van der Waals surface area contributed by atoms with E-state index in [1.54, 1.807) is 4.81 Å². The van der Waals surface area contributed by atoms with E-state index in [2.05, 4.69) is 12.1 Å². The summed E-state index contributed by atoms with van der Waals surface area (Å²) in [4.78, 5) is 1.66. The number of rotatable bonds is 2. The topological polar surface area (TPSA) is 3.24 Å². The third-order valence-corrected chi connectivity index (χ3v) is 1.27. The first-order valence-corrected chi connectivity index (χ1v) is 3.29. The lowest BCUT2D eigenvalue weighted by Gasteiger charge is -2.25. The molecule has 0 heterocycles. The molecule has 10 heavy (non-hydrogen) atoms. The van der Waals surface area contributed by atoms with Gasteiger partial charge < -0.3 is 12.8 Å². The summed E-state index contributed by atoms with van der Waals surface area (Å²) < 4.78 is 0. The van der Waals surface area contributed by atoms with E-state index in [9.17, 15) is 0 Å². The lowest BCUT2D eigenvalue weighted by atomic mass is 10.2. The minimum Gasteiger partial charge on any atom is -0.579 e. The van der Waals surface area contributed by atoms with Gasteiger partial charge in [-0.3, -0.25) is 0 Å². The van der Waals surface area contributed by atoms with Gasteiger partial charge in [0.15, 0.2) is 0 Å². The molecule has 0 unspecified atom stereocenters. The first-order chi connectivity index (χ1) is 4.79. The Morgan fingerprint density at radius 3 is 2.40 bits per heavy atom. The van der Waals surface area contributed by atoms with Crippen LogP contribution < -0.4 is 0 Å². The summed E-state index contributed by atoms with van der Waals surface area (Å²) >= 11 is 0. The molecule has 0 bridgehead atoms. The summed E-state index contributed by atoms with van der Waals surface area (Å²) in [5, 5.41) is 0. The van der Waals surface area contributed by atoms with Crippen LogP contribution in [0, 0.1) is 0 Å². The molecule has 0 saturated heterocycles. The molecular weight excluding hydrogens is 121 g/mol. The molecule has 0 aliphatic carbocycles. The monoisotopic (exact) mass is 131 g/mol. The third kappa shape index (κ3) is 2.23. The van der Waals surface area contributed by atoms with E-state index < -0.39 is 0 Å². The smallest absolute Gasteiger partial charge is 0.0198 e. The maximum absolute atomic E-state index is 5.46. The van der Waals surface area contributed by atoms with Gasteiger partial charge in [0.05, 0.1) is 0 Å². The summed E-state index contributed by atoms with van der Waals surface area (Å²) in [5.74, 6) is 0. The van der Waals surface area contributed by atoms with Gasteiger partial charge in [-0.25, -0.2) is 0 Å². The Labute approximate surface area is 63.1 Å². The molecule has 0 fully saturated rings. The maximum atomic E-state index is 5.46. The van der Waals surface area contributed by atoms with Crippen LogP contribution in [-0.2, 0) is 6.54 Å². The van der Waals surface area contributed by atoms with Gasteiger partial charge in [-0.1, -0.05) is 37.4 Å². The Balaban J connectivity index is 2.59. The van der Waals surface area contributed by atoms with E-state index >= 15 is 0 Å². The van der Waals surface area contributed by atoms with Crippen LogP contribution in [0.1, 0.15) is 5.56 Å². The molecule has 3 radical (unpaired) electrons. The molecule has 0 aliphatic rings. The lowest BCUT2D eigenvalue weighted by Crippen LogP contribution is -2.12. The van der Waals surface area contributed by atoms with Gasteiger partial charge in [0.2, 0.25) is 0 Å². The van der Waals surface area contributed by atoms with Crippen LogP contribution in [0.2, 0.25) is 0 Å². The van der Waals surface area contributed by atoms with Gasteiger partial charge in [0.1, 0.15) is 0 Å². The minimum atomic E-state index is 0.806. The van der Waals surface area contributed by atoms with Gasteiger partial charge in [-0.05, 0) is 12.1 Å². The molecule has 0 atom stereocenters. The Kier molecular flexibility index (Phi) is 2.52. The van der Waals surface area contributed by atoms with E-state index in [1.807, 2.05) is 25.2 Å². The van der Waals surface area contributed by atoms with Crippen LogP contribution in [-0.4, -0.2) is 19.8 Å². The fourth-order valence-corrected chi connectivity index (χ4v) is 0.871. The highest BCUT2D eigenvalue weighted by Crippen LogP contribution is 1.99. The largest absolute Gasteiger partial charge is 0.579 e. The highest BCUT2D eigenvalue weighted by Gasteiger charge is 1.84. The van der Waals surface area contributed by atoms with Crippen LogP contribution in [0.3, 0.4) is 0 Å². The molecule has 0 aliphatic heterocycles. The second-order valence-corrected chi connectivity index (χ2v) is 2.40. The van der Waals surface area contributed by atoms with Crippen molar-refractivity contribution in [3.05, 3.63) is 35.9 Å². The van der Waals surface area contributed by atoms with Crippen molar-refractivity contribution in [2.75, 3.05) is 7.05 Å². The van der Waals surface area contributed by atoms with E-state index in [-0.39, 0.29) is 0 Å².